The molecule has 0 aliphatic rings. The molecule has 0 saturated carbocycles. The number of benzene rings is 3. The largest absolute Gasteiger partial charge is 0.497 e. The molecule has 3 aromatic carbocycles. The lowest BCUT2D eigenvalue weighted by Crippen LogP contribution is -2.23. The maximum absolute atomic E-state index is 13.6. The van der Waals surface area contributed by atoms with Gasteiger partial charge in [-0.1, -0.05) is 24.3 Å². The van der Waals surface area contributed by atoms with Gasteiger partial charge in [-0.3, -0.25) is 13.9 Å². The van der Waals surface area contributed by atoms with Crippen molar-refractivity contribution in [3.8, 4) is 5.75 Å². The van der Waals surface area contributed by atoms with E-state index in [9.17, 15) is 18.0 Å². The van der Waals surface area contributed by atoms with Crippen LogP contribution in [0.5, 0.6) is 5.75 Å². The highest BCUT2D eigenvalue weighted by molar-refractivity contribution is 7.91. The lowest BCUT2D eigenvalue weighted by Gasteiger charge is -2.14. The fourth-order valence-electron chi connectivity index (χ4n) is 3.96. The van der Waals surface area contributed by atoms with Crippen molar-refractivity contribution in [2.75, 3.05) is 12.4 Å². The Morgan fingerprint density at radius 2 is 1.56 bits per heavy atom. The van der Waals surface area contributed by atoms with E-state index in [-0.39, 0.29) is 21.2 Å². The maximum atomic E-state index is 13.6. The normalized spacial score (nSPS) is 11.5. The number of anilines is 1. The Bertz CT molecular complexity index is 1540. The van der Waals surface area contributed by atoms with Gasteiger partial charge in [0.1, 0.15) is 5.75 Å². The van der Waals surface area contributed by atoms with Crippen LogP contribution in [0.15, 0.2) is 81.3 Å². The summed E-state index contributed by atoms with van der Waals surface area (Å²) in [6.07, 6.45) is 0. The zero-order valence-electron chi connectivity index (χ0n) is 19.1. The third-order valence-corrected chi connectivity index (χ3v) is 7.49. The summed E-state index contributed by atoms with van der Waals surface area (Å²) in [4.78, 5) is 26.0. The first-order valence-corrected chi connectivity index (χ1v) is 12.3. The van der Waals surface area contributed by atoms with Crippen LogP contribution in [0.2, 0.25) is 0 Å². The number of aromatic nitrogens is 2. The van der Waals surface area contributed by atoms with Crippen LogP contribution in [-0.2, 0) is 22.9 Å². The summed E-state index contributed by atoms with van der Waals surface area (Å²) in [6.45, 7) is 4.44. The van der Waals surface area contributed by atoms with Gasteiger partial charge in [-0.15, -0.1) is 0 Å². The van der Waals surface area contributed by atoms with E-state index >= 15 is 0 Å². The molecule has 34 heavy (non-hydrogen) atoms. The topological polar surface area (TPSA) is 99.4 Å². The Morgan fingerprint density at radius 3 is 2.18 bits per heavy atom. The molecule has 1 amide bonds. The molecular weight excluding hydrogens is 454 g/mol. The van der Waals surface area contributed by atoms with Crippen molar-refractivity contribution < 1.29 is 17.9 Å². The fraction of sp³-hybridized carbons (Fsp3) is 0.200. The standard InChI is InChI=1S/C25H25N3O5S/c1-4-27-21-15-20(26-24(29)17-10-9-11-18(14-17)33-3)23(16-22(21)28(5-2)25(27)30)34(31,32)19-12-7-6-8-13-19/h6-16H,4-5H2,1-3H3,(H,26,29). The molecule has 0 bridgehead atoms. The third kappa shape index (κ3) is 3.99. The van der Waals surface area contributed by atoms with E-state index in [0.29, 0.717) is 35.4 Å². The summed E-state index contributed by atoms with van der Waals surface area (Å²) in [5.74, 6) is 0.00292. The second-order valence-electron chi connectivity index (χ2n) is 7.61. The number of hydrogen-bond acceptors (Lipinski definition) is 5. The maximum Gasteiger partial charge on any atom is 0.329 e. The van der Waals surface area contributed by atoms with Crippen LogP contribution in [0.1, 0.15) is 24.2 Å². The number of rotatable bonds is 7. The molecule has 0 unspecified atom stereocenters. The number of methoxy groups -OCH3 is 1. The number of hydrogen-bond donors (Lipinski definition) is 1. The zero-order chi connectivity index (χ0) is 24.5. The van der Waals surface area contributed by atoms with Crippen LogP contribution in [0, 0.1) is 0 Å². The number of fused-ring (bicyclic) bond motifs is 1. The highest BCUT2D eigenvalue weighted by atomic mass is 32.2. The summed E-state index contributed by atoms with van der Waals surface area (Å²) < 4.78 is 35.5. The highest BCUT2D eigenvalue weighted by Gasteiger charge is 2.26. The number of nitrogens with one attached hydrogen (secondary N) is 1. The van der Waals surface area contributed by atoms with E-state index in [1.807, 2.05) is 13.8 Å². The molecule has 0 fully saturated rings. The molecule has 176 valence electrons. The SMILES string of the molecule is CCn1c(=O)n(CC)c2cc(S(=O)(=O)c3ccccc3)c(NC(=O)c3cccc(OC)c3)cc21. The molecule has 1 N–H and O–H groups in total. The van der Waals surface area contributed by atoms with Gasteiger partial charge in [-0.2, -0.15) is 0 Å². The van der Waals surface area contributed by atoms with Crippen LogP contribution >= 0.6 is 0 Å². The van der Waals surface area contributed by atoms with Crippen LogP contribution in [-0.4, -0.2) is 30.6 Å². The number of carbonyl (C=O) groups excluding carboxylic acids is 1. The average Bonchev–Trinajstić information content (AvgIpc) is 3.13. The van der Waals surface area contributed by atoms with Gasteiger partial charge in [0.25, 0.3) is 5.91 Å². The van der Waals surface area contributed by atoms with Gasteiger partial charge in [-0.05, 0) is 56.3 Å². The number of carbonyl (C=O) groups is 1. The average molecular weight is 480 g/mol. The number of imidazole rings is 1. The van der Waals surface area contributed by atoms with E-state index in [2.05, 4.69) is 5.32 Å². The molecule has 0 atom stereocenters. The monoisotopic (exact) mass is 479 g/mol. The molecule has 4 rings (SSSR count). The van der Waals surface area contributed by atoms with Crippen LogP contribution in [0.4, 0.5) is 5.69 Å². The number of amides is 1. The van der Waals surface area contributed by atoms with Crippen molar-refractivity contribution in [2.24, 2.45) is 0 Å². The number of nitrogens with zero attached hydrogens (tertiary/aromatic N) is 2. The molecule has 1 heterocycles. The predicted molar refractivity (Wildman–Crippen MR) is 130 cm³/mol. The van der Waals surface area contributed by atoms with Crippen molar-refractivity contribution in [1.29, 1.82) is 0 Å². The Kier molecular flexibility index (Phi) is 6.30. The van der Waals surface area contributed by atoms with E-state index < -0.39 is 15.7 Å². The van der Waals surface area contributed by atoms with Gasteiger partial charge in [0, 0.05) is 18.7 Å². The van der Waals surface area contributed by atoms with E-state index in [1.165, 1.54) is 29.9 Å². The smallest absolute Gasteiger partial charge is 0.329 e. The quantitative estimate of drug-likeness (QED) is 0.433. The van der Waals surface area contributed by atoms with Crippen molar-refractivity contribution in [3.63, 3.8) is 0 Å². The second kappa shape index (κ2) is 9.18. The Hall–Kier alpha value is -3.85. The third-order valence-electron chi connectivity index (χ3n) is 5.68. The predicted octanol–water partition coefficient (Wildman–Crippen LogP) is 3.94. The highest BCUT2D eigenvalue weighted by Crippen LogP contribution is 2.32. The Morgan fingerprint density at radius 1 is 0.912 bits per heavy atom. The Balaban J connectivity index is 1.95. The lowest BCUT2D eigenvalue weighted by molar-refractivity contribution is 0.102. The summed E-state index contributed by atoms with van der Waals surface area (Å²) in [7, 11) is -2.50. The molecule has 0 radical (unpaired) electrons. The van der Waals surface area contributed by atoms with Crippen molar-refractivity contribution >= 4 is 32.5 Å². The first kappa shape index (κ1) is 23.3. The molecule has 4 aromatic rings. The summed E-state index contributed by atoms with van der Waals surface area (Å²) >= 11 is 0. The number of sulfone groups is 1. The summed E-state index contributed by atoms with van der Waals surface area (Å²) in [5.41, 5.74) is 1.20. The first-order valence-electron chi connectivity index (χ1n) is 10.8. The van der Waals surface area contributed by atoms with Gasteiger partial charge in [-0.25, -0.2) is 13.2 Å². The molecule has 0 spiro atoms. The molecule has 0 aliphatic heterocycles. The van der Waals surface area contributed by atoms with Gasteiger partial charge < -0.3 is 10.1 Å². The van der Waals surface area contributed by atoms with Crippen molar-refractivity contribution in [3.05, 3.63) is 82.8 Å². The second-order valence-corrected chi connectivity index (χ2v) is 9.53. The summed E-state index contributed by atoms with van der Waals surface area (Å²) in [5, 5.41) is 2.75. The minimum absolute atomic E-state index is 0.0853. The minimum Gasteiger partial charge on any atom is -0.497 e. The molecule has 8 nitrogen and oxygen atoms in total. The van der Waals surface area contributed by atoms with Crippen LogP contribution < -0.4 is 15.7 Å². The van der Waals surface area contributed by atoms with E-state index in [4.69, 9.17) is 4.74 Å². The molecule has 1 aromatic heterocycles. The number of aryl methyl sites for hydroxylation is 2. The zero-order valence-corrected chi connectivity index (χ0v) is 19.9. The lowest BCUT2D eigenvalue weighted by atomic mass is 10.2. The fourth-order valence-corrected chi connectivity index (χ4v) is 5.39. The van der Waals surface area contributed by atoms with Crippen molar-refractivity contribution in [1.82, 2.24) is 9.13 Å². The molecule has 0 saturated heterocycles. The van der Waals surface area contributed by atoms with Gasteiger partial charge in [0.2, 0.25) is 9.84 Å². The van der Waals surface area contributed by atoms with Crippen molar-refractivity contribution in [2.45, 2.75) is 36.7 Å². The van der Waals surface area contributed by atoms with Gasteiger partial charge >= 0.3 is 5.69 Å². The minimum atomic E-state index is -4.00. The van der Waals surface area contributed by atoms with Crippen LogP contribution in [0.3, 0.4) is 0 Å². The van der Waals surface area contributed by atoms with Gasteiger partial charge in [0.05, 0.1) is 33.6 Å². The molecular formula is C25H25N3O5S. The van der Waals surface area contributed by atoms with Gasteiger partial charge in [0.15, 0.2) is 0 Å². The van der Waals surface area contributed by atoms with Crippen LogP contribution in [0.25, 0.3) is 11.0 Å². The number of ether oxygens (including phenoxy) is 1. The summed E-state index contributed by atoms with van der Waals surface area (Å²) in [6, 6.07) is 17.6. The van der Waals surface area contributed by atoms with E-state index in [1.54, 1.807) is 53.1 Å². The Labute approximate surface area is 197 Å². The molecule has 0 aliphatic carbocycles. The van der Waals surface area contributed by atoms with E-state index in [0.717, 1.165) is 0 Å². The molecule has 9 heteroatoms. The first-order chi connectivity index (χ1) is 16.3.